The summed E-state index contributed by atoms with van der Waals surface area (Å²) in [6.07, 6.45) is 6.43. The average Bonchev–Trinajstić information content (AvgIpc) is 2.33. The molecule has 1 aliphatic carbocycles. The van der Waals surface area contributed by atoms with Crippen LogP contribution in [0.1, 0.15) is 19.3 Å². The molecular weight excluding hydrogens is 130 g/mol. The van der Waals surface area contributed by atoms with E-state index in [4.69, 9.17) is 0 Å². The molecule has 50 valence electrons. The van der Waals surface area contributed by atoms with Crippen molar-refractivity contribution in [2.45, 2.75) is 25.3 Å². The lowest BCUT2D eigenvalue weighted by Crippen LogP contribution is -2.23. The number of nitrogens with one attached hydrogen (secondary N) is 1. The summed E-state index contributed by atoms with van der Waals surface area (Å²) in [5, 5.41) is 3.45. The first-order chi connectivity index (χ1) is 4.47. The molecule has 0 saturated carbocycles. The van der Waals surface area contributed by atoms with Crippen LogP contribution in [0.25, 0.3) is 0 Å². The summed E-state index contributed by atoms with van der Waals surface area (Å²) in [6, 6.07) is 0.740. The standard InChI is InChI=1S/C7H11NS/c1-2-4-7-6(3-1)8-5-9-7/h4,6,8H,1-3,5H2. The molecule has 9 heavy (non-hydrogen) atoms. The molecule has 0 bridgehead atoms. The Balaban J connectivity index is 2.16. The molecule has 2 heteroatoms. The zero-order valence-corrected chi connectivity index (χ0v) is 6.21. The van der Waals surface area contributed by atoms with Crippen LogP contribution in [0, 0.1) is 0 Å². The fourth-order valence-corrected chi connectivity index (χ4v) is 2.53. The second-order valence-electron chi connectivity index (χ2n) is 2.58. The molecule has 1 aliphatic heterocycles. The van der Waals surface area contributed by atoms with E-state index in [1.165, 1.54) is 19.3 Å². The van der Waals surface area contributed by atoms with Gasteiger partial charge in [0.15, 0.2) is 0 Å². The highest BCUT2D eigenvalue weighted by molar-refractivity contribution is 8.03. The Hall–Kier alpha value is 0.0500. The Labute approximate surface area is 59.9 Å². The monoisotopic (exact) mass is 141 g/mol. The largest absolute Gasteiger partial charge is 0.300 e. The summed E-state index contributed by atoms with van der Waals surface area (Å²) in [5.74, 6) is 1.14. The van der Waals surface area contributed by atoms with E-state index in [0.29, 0.717) is 0 Å². The first kappa shape index (κ1) is 5.81. The van der Waals surface area contributed by atoms with Crippen LogP contribution >= 0.6 is 11.8 Å². The molecule has 0 aromatic rings. The summed E-state index contributed by atoms with van der Waals surface area (Å²) < 4.78 is 0. The summed E-state index contributed by atoms with van der Waals surface area (Å²) >= 11 is 1.98. The van der Waals surface area contributed by atoms with Gasteiger partial charge in [-0.25, -0.2) is 0 Å². The molecule has 2 rings (SSSR count). The highest BCUT2D eigenvalue weighted by Crippen LogP contribution is 2.31. The predicted octanol–water partition coefficient (Wildman–Crippen LogP) is 1.72. The summed E-state index contributed by atoms with van der Waals surface area (Å²) in [5.41, 5.74) is 0. The Kier molecular flexibility index (Phi) is 1.52. The number of allylic oxidation sites excluding steroid dienone is 1. The van der Waals surface area contributed by atoms with Crippen molar-refractivity contribution < 1.29 is 0 Å². The SMILES string of the molecule is C1=C2SCNC2CCC1. The fraction of sp³-hybridized carbons (Fsp3) is 0.714. The molecule has 1 unspecified atom stereocenters. The fourth-order valence-electron chi connectivity index (χ4n) is 1.44. The minimum Gasteiger partial charge on any atom is -0.300 e. The minimum absolute atomic E-state index is 0.740. The zero-order valence-electron chi connectivity index (χ0n) is 5.39. The van der Waals surface area contributed by atoms with Crippen LogP contribution in [-0.4, -0.2) is 11.9 Å². The second kappa shape index (κ2) is 2.35. The highest BCUT2D eigenvalue weighted by atomic mass is 32.2. The van der Waals surface area contributed by atoms with Crippen LogP contribution in [0.2, 0.25) is 0 Å². The number of thioether (sulfide) groups is 1. The van der Waals surface area contributed by atoms with E-state index in [1.54, 1.807) is 4.91 Å². The van der Waals surface area contributed by atoms with Gasteiger partial charge in [0.25, 0.3) is 0 Å². The Morgan fingerprint density at radius 2 is 2.67 bits per heavy atom. The molecule has 1 heterocycles. The van der Waals surface area contributed by atoms with E-state index in [0.717, 1.165) is 11.9 Å². The van der Waals surface area contributed by atoms with Crippen LogP contribution in [0.5, 0.6) is 0 Å². The van der Waals surface area contributed by atoms with Crippen molar-refractivity contribution in [2.75, 3.05) is 5.88 Å². The van der Waals surface area contributed by atoms with E-state index in [9.17, 15) is 0 Å². The third-order valence-corrected chi connectivity index (χ3v) is 3.05. The summed E-state index contributed by atoms with van der Waals surface area (Å²) in [7, 11) is 0. The molecule has 1 nitrogen and oxygen atoms in total. The molecule has 1 saturated heterocycles. The van der Waals surface area contributed by atoms with Crippen molar-refractivity contribution in [1.82, 2.24) is 5.32 Å². The second-order valence-corrected chi connectivity index (χ2v) is 3.63. The summed E-state index contributed by atoms with van der Waals surface area (Å²) in [4.78, 5) is 1.60. The van der Waals surface area contributed by atoms with Crippen molar-refractivity contribution in [2.24, 2.45) is 0 Å². The molecule has 0 aromatic carbocycles. The zero-order chi connectivity index (χ0) is 6.10. The van der Waals surface area contributed by atoms with E-state index in [1.807, 2.05) is 11.8 Å². The van der Waals surface area contributed by atoms with Crippen LogP contribution in [0.4, 0.5) is 0 Å². The van der Waals surface area contributed by atoms with E-state index in [-0.39, 0.29) is 0 Å². The Bertz CT molecular complexity index is 142. The lowest BCUT2D eigenvalue weighted by atomic mass is 10.0. The third kappa shape index (κ3) is 1.01. The molecule has 0 spiro atoms. The number of hydrogen-bond acceptors (Lipinski definition) is 2. The molecule has 2 aliphatic rings. The maximum absolute atomic E-state index is 3.45. The summed E-state index contributed by atoms with van der Waals surface area (Å²) in [6.45, 7) is 0. The topological polar surface area (TPSA) is 12.0 Å². The first-order valence-electron chi connectivity index (χ1n) is 3.53. The highest BCUT2D eigenvalue weighted by Gasteiger charge is 2.22. The van der Waals surface area contributed by atoms with Gasteiger partial charge in [0, 0.05) is 11.9 Å². The van der Waals surface area contributed by atoms with Crippen molar-refractivity contribution in [1.29, 1.82) is 0 Å². The minimum atomic E-state index is 0.740. The number of fused-ring (bicyclic) bond motifs is 1. The molecule has 0 aromatic heterocycles. The van der Waals surface area contributed by atoms with Gasteiger partial charge in [-0.1, -0.05) is 6.08 Å². The van der Waals surface area contributed by atoms with Gasteiger partial charge in [-0.3, -0.25) is 0 Å². The van der Waals surface area contributed by atoms with Gasteiger partial charge in [0.05, 0.1) is 0 Å². The predicted molar refractivity (Wildman–Crippen MR) is 41.3 cm³/mol. The molecular formula is C7H11NS. The normalized spacial score (nSPS) is 33.8. The number of hydrogen-bond donors (Lipinski definition) is 1. The van der Waals surface area contributed by atoms with Gasteiger partial charge in [0.1, 0.15) is 0 Å². The van der Waals surface area contributed by atoms with E-state index < -0.39 is 0 Å². The van der Waals surface area contributed by atoms with E-state index >= 15 is 0 Å². The van der Waals surface area contributed by atoms with Gasteiger partial charge in [0.2, 0.25) is 0 Å². The lowest BCUT2D eigenvalue weighted by Gasteiger charge is -2.14. The maximum atomic E-state index is 3.45. The Morgan fingerprint density at radius 3 is 3.56 bits per heavy atom. The first-order valence-corrected chi connectivity index (χ1v) is 4.51. The molecule has 0 amide bonds. The Morgan fingerprint density at radius 1 is 1.67 bits per heavy atom. The van der Waals surface area contributed by atoms with Crippen LogP contribution < -0.4 is 5.32 Å². The van der Waals surface area contributed by atoms with Gasteiger partial charge >= 0.3 is 0 Å². The quantitative estimate of drug-likeness (QED) is 0.551. The van der Waals surface area contributed by atoms with Gasteiger partial charge in [-0.2, -0.15) is 0 Å². The van der Waals surface area contributed by atoms with Crippen molar-refractivity contribution in [3.63, 3.8) is 0 Å². The van der Waals surface area contributed by atoms with Crippen LogP contribution in [0.15, 0.2) is 11.0 Å². The average molecular weight is 141 g/mol. The van der Waals surface area contributed by atoms with Crippen molar-refractivity contribution in [3.05, 3.63) is 11.0 Å². The molecule has 1 fully saturated rings. The van der Waals surface area contributed by atoms with Crippen LogP contribution in [0.3, 0.4) is 0 Å². The molecule has 1 atom stereocenters. The van der Waals surface area contributed by atoms with Gasteiger partial charge < -0.3 is 5.32 Å². The lowest BCUT2D eigenvalue weighted by molar-refractivity contribution is 0.567. The van der Waals surface area contributed by atoms with Gasteiger partial charge in [-0.15, -0.1) is 11.8 Å². The van der Waals surface area contributed by atoms with Crippen molar-refractivity contribution in [3.8, 4) is 0 Å². The third-order valence-electron chi connectivity index (χ3n) is 1.95. The van der Waals surface area contributed by atoms with Gasteiger partial charge in [-0.05, 0) is 24.2 Å². The maximum Gasteiger partial charge on any atom is 0.0467 e. The molecule has 0 radical (unpaired) electrons. The van der Waals surface area contributed by atoms with Crippen molar-refractivity contribution >= 4 is 11.8 Å². The number of rotatable bonds is 0. The molecule has 1 N–H and O–H groups in total. The van der Waals surface area contributed by atoms with Crippen LogP contribution in [-0.2, 0) is 0 Å². The smallest absolute Gasteiger partial charge is 0.0467 e. The van der Waals surface area contributed by atoms with E-state index in [2.05, 4.69) is 11.4 Å².